The molecule has 206 valence electrons. The minimum absolute atomic E-state index is 0.000276. The van der Waals surface area contributed by atoms with E-state index in [1.54, 1.807) is 22.5 Å². The molecule has 1 saturated heterocycles. The highest BCUT2D eigenvalue weighted by Crippen LogP contribution is 2.39. The molecule has 0 aliphatic carbocycles. The average Bonchev–Trinajstić information content (AvgIpc) is 3.68. The molecule has 0 atom stereocenters. The molecule has 2 aromatic carbocycles. The second-order valence-electron chi connectivity index (χ2n) is 10.1. The summed E-state index contributed by atoms with van der Waals surface area (Å²) in [5, 5.41) is 25.0. The molecule has 3 aromatic heterocycles. The van der Waals surface area contributed by atoms with Crippen LogP contribution in [0.15, 0.2) is 42.9 Å². The maximum absolute atomic E-state index is 15.5. The number of fused-ring (bicyclic) bond motifs is 2. The maximum atomic E-state index is 15.5. The fourth-order valence-electron chi connectivity index (χ4n) is 5.51. The standard InChI is InChI=1S/C27H29FN10O2/c1-17(39)36-9-6-18(7-10-36)27-26-20(21-13-24-19(12-22(21)28)14-31-35(24)2)4-3-5-23(26)37(33-27)15-25(40)29-8-11-38-32-16-30-34-38/h3-5,12-14,16,18H,6-11,15H2,1-2H3,(H,29,40). The number of aromatic nitrogens is 8. The van der Waals surface area contributed by atoms with Gasteiger partial charge in [0.05, 0.1) is 29.5 Å². The molecule has 1 aliphatic rings. The molecule has 6 rings (SSSR count). The number of halogens is 1. The van der Waals surface area contributed by atoms with Gasteiger partial charge >= 0.3 is 0 Å². The quantitative estimate of drug-likeness (QED) is 0.333. The van der Waals surface area contributed by atoms with Crippen molar-refractivity contribution in [2.24, 2.45) is 7.05 Å². The van der Waals surface area contributed by atoms with Crippen LogP contribution in [0.3, 0.4) is 0 Å². The molecule has 1 fully saturated rings. The fourth-order valence-corrected chi connectivity index (χ4v) is 5.51. The van der Waals surface area contributed by atoms with Gasteiger partial charge in [-0.15, -0.1) is 10.2 Å². The molecule has 13 heteroatoms. The number of carbonyl (C=O) groups excluding carboxylic acids is 2. The molecule has 0 saturated carbocycles. The molecule has 2 amide bonds. The minimum Gasteiger partial charge on any atom is -0.353 e. The number of hydrogen-bond acceptors (Lipinski definition) is 7. The Morgan fingerprint density at radius 3 is 2.67 bits per heavy atom. The molecule has 12 nitrogen and oxygen atoms in total. The number of amides is 2. The molecule has 4 heterocycles. The molecule has 0 unspecified atom stereocenters. The normalized spacial score (nSPS) is 14.3. The lowest BCUT2D eigenvalue weighted by Gasteiger charge is -2.30. The van der Waals surface area contributed by atoms with Crippen molar-refractivity contribution in [3.8, 4) is 11.1 Å². The molecule has 1 N–H and O–H groups in total. The summed E-state index contributed by atoms with van der Waals surface area (Å²) in [6.07, 6.45) is 4.46. The average molecular weight is 545 g/mol. The highest BCUT2D eigenvalue weighted by atomic mass is 19.1. The van der Waals surface area contributed by atoms with E-state index < -0.39 is 0 Å². The van der Waals surface area contributed by atoms with Gasteiger partial charge in [-0.05, 0) is 41.8 Å². The number of aryl methyl sites for hydroxylation is 1. The number of carbonyl (C=O) groups is 2. The van der Waals surface area contributed by atoms with Crippen LogP contribution in [-0.2, 0) is 29.7 Å². The van der Waals surface area contributed by atoms with Crippen LogP contribution in [0.5, 0.6) is 0 Å². The van der Waals surface area contributed by atoms with E-state index in [0.29, 0.717) is 37.3 Å². The van der Waals surface area contributed by atoms with E-state index in [2.05, 4.69) is 25.8 Å². The first-order valence-corrected chi connectivity index (χ1v) is 13.2. The first-order valence-electron chi connectivity index (χ1n) is 13.2. The summed E-state index contributed by atoms with van der Waals surface area (Å²) >= 11 is 0. The summed E-state index contributed by atoms with van der Waals surface area (Å²) in [4.78, 5) is 28.1. The van der Waals surface area contributed by atoms with Crippen LogP contribution >= 0.6 is 0 Å². The first-order chi connectivity index (χ1) is 19.4. The summed E-state index contributed by atoms with van der Waals surface area (Å²) in [6, 6.07) is 8.99. The fraction of sp³-hybridized carbons (Fsp3) is 0.370. The summed E-state index contributed by atoms with van der Waals surface area (Å²) < 4.78 is 19.0. The van der Waals surface area contributed by atoms with E-state index in [4.69, 9.17) is 5.10 Å². The zero-order valence-corrected chi connectivity index (χ0v) is 22.3. The van der Waals surface area contributed by atoms with Crippen molar-refractivity contribution in [1.29, 1.82) is 0 Å². The molecular weight excluding hydrogens is 515 g/mol. The van der Waals surface area contributed by atoms with Crippen LogP contribution < -0.4 is 5.32 Å². The minimum atomic E-state index is -0.349. The molecule has 0 bridgehead atoms. The van der Waals surface area contributed by atoms with E-state index >= 15 is 4.39 Å². The number of rotatable bonds is 7. The van der Waals surface area contributed by atoms with Gasteiger partial charge in [0.2, 0.25) is 11.8 Å². The largest absolute Gasteiger partial charge is 0.353 e. The highest BCUT2D eigenvalue weighted by Gasteiger charge is 2.28. The Hall–Kier alpha value is -4.68. The van der Waals surface area contributed by atoms with Crippen molar-refractivity contribution in [1.82, 2.24) is 50.0 Å². The number of piperidine rings is 1. The van der Waals surface area contributed by atoms with Gasteiger partial charge < -0.3 is 10.2 Å². The number of hydrogen-bond donors (Lipinski definition) is 1. The van der Waals surface area contributed by atoms with Crippen LogP contribution in [0, 0.1) is 5.82 Å². The lowest BCUT2D eigenvalue weighted by molar-refractivity contribution is -0.129. The summed E-state index contributed by atoms with van der Waals surface area (Å²) in [5.74, 6) is -0.447. The van der Waals surface area contributed by atoms with Crippen molar-refractivity contribution in [3.63, 3.8) is 0 Å². The van der Waals surface area contributed by atoms with Gasteiger partial charge in [-0.1, -0.05) is 12.1 Å². The lowest BCUT2D eigenvalue weighted by atomic mass is 9.89. The zero-order valence-electron chi connectivity index (χ0n) is 22.3. The van der Waals surface area contributed by atoms with Crippen LogP contribution in [0.1, 0.15) is 31.4 Å². The predicted molar refractivity (Wildman–Crippen MR) is 144 cm³/mol. The molecule has 40 heavy (non-hydrogen) atoms. The Morgan fingerprint density at radius 2 is 1.93 bits per heavy atom. The number of benzene rings is 2. The number of likely N-dealkylation sites (tertiary alicyclic amines) is 1. The molecular formula is C27H29FN10O2. The van der Waals surface area contributed by atoms with Gasteiger partial charge in [-0.3, -0.25) is 19.0 Å². The number of nitrogens with one attached hydrogen (secondary N) is 1. The third kappa shape index (κ3) is 4.78. The maximum Gasteiger partial charge on any atom is 0.241 e. The van der Waals surface area contributed by atoms with Crippen LogP contribution in [-0.4, -0.2) is 76.1 Å². The van der Waals surface area contributed by atoms with Crippen molar-refractivity contribution in [2.75, 3.05) is 19.6 Å². The Balaban J connectivity index is 1.38. The predicted octanol–water partition coefficient (Wildman–Crippen LogP) is 2.26. The smallest absolute Gasteiger partial charge is 0.241 e. The monoisotopic (exact) mass is 544 g/mol. The van der Waals surface area contributed by atoms with Crippen molar-refractivity contribution >= 4 is 33.6 Å². The lowest BCUT2D eigenvalue weighted by Crippen LogP contribution is -2.36. The van der Waals surface area contributed by atoms with Gasteiger partial charge in [0.15, 0.2) is 6.33 Å². The van der Waals surface area contributed by atoms with Crippen LogP contribution in [0.25, 0.3) is 32.9 Å². The Bertz CT molecular complexity index is 1700. The number of tetrazole rings is 1. The van der Waals surface area contributed by atoms with Gasteiger partial charge in [0.25, 0.3) is 0 Å². The van der Waals surface area contributed by atoms with Crippen LogP contribution in [0.2, 0.25) is 0 Å². The van der Waals surface area contributed by atoms with E-state index in [0.717, 1.165) is 40.3 Å². The summed E-state index contributed by atoms with van der Waals surface area (Å²) in [7, 11) is 1.83. The van der Waals surface area contributed by atoms with Gasteiger partial charge in [0, 0.05) is 55.9 Å². The number of nitrogens with zero attached hydrogens (tertiary/aromatic N) is 9. The van der Waals surface area contributed by atoms with Crippen molar-refractivity contribution in [3.05, 3.63) is 54.4 Å². The zero-order chi connectivity index (χ0) is 27.8. The van der Waals surface area contributed by atoms with Gasteiger partial charge in [-0.2, -0.15) is 15.0 Å². The molecule has 5 aromatic rings. The van der Waals surface area contributed by atoms with Crippen LogP contribution in [0.4, 0.5) is 4.39 Å². The molecule has 0 radical (unpaired) electrons. The van der Waals surface area contributed by atoms with E-state index in [9.17, 15) is 9.59 Å². The molecule has 0 spiro atoms. The van der Waals surface area contributed by atoms with E-state index in [1.807, 2.05) is 36.2 Å². The first kappa shape index (κ1) is 25.6. The topological polar surface area (TPSA) is 129 Å². The van der Waals surface area contributed by atoms with E-state index in [-0.39, 0.29) is 30.1 Å². The second kappa shape index (κ2) is 10.5. The SMILES string of the molecule is CC(=O)N1CCC(c2nn(CC(=O)NCCn3ncnn3)c3cccc(-c4cc5c(cnn5C)cc4F)c23)CC1. The Labute approximate surface area is 228 Å². The Morgan fingerprint density at radius 1 is 1.10 bits per heavy atom. The highest BCUT2D eigenvalue weighted by molar-refractivity contribution is 5.99. The van der Waals surface area contributed by atoms with Gasteiger partial charge in [0.1, 0.15) is 12.4 Å². The summed E-state index contributed by atoms with van der Waals surface area (Å²) in [6.45, 7) is 3.57. The van der Waals surface area contributed by atoms with Crippen molar-refractivity contribution < 1.29 is 14.0 Å². The third-order valence-electron chi connectivity index (χ3n) is 7.58. The van der Waals surface area contributed by atoms with Gasteiger partial charge in [-0.25, -0.2) is 4.39 Å². The van der Waals surface area contributed by atoms with Crippen molar-refractivity contribution in [2.45, 2.75) is 38.8 Å². The Kier molecular flexibility index (Phi) is 6.70. The van der Waals surface area contributed by atoms with E-state index in [1.165, 1.54) is 17.2 Å². The molecule has 1 aliphatic heterocycles. The summed E-state index contributed by atoms with van der Waals surface area (Å²) in [5.41, 5.74) is 3.55. The second-order valence-corrected chi connectivity index (χ2v) is 10.1. The third-order valence-corrected chi connectivity index (χ3v) is 7.58.